The molecule has 0 aliphatic carbocycles. The molecule has 0 atom stereocenters. The normalized spacial score (nSPS) is 11.7. The second kappa shape index (κ2) is 5.87. The van der Waals surface area contributed by atoms with Crippen molar-refractivity contribution in [2.24, 2.45) is 0 Å². The fourth-order valence-electron chi connectivity index (χ4n) is 1.71. The van der Waals surface area contributed by atoms with Crippen molar-refractivity contribution in [1.29, 1.82) is 0 Å². The van der Waals surface area contributed by atoms with Gasteiger partial charge in [0.15, 0.2) is 5.75 Å². The Morgan fingerprint density at radius 3 is 2.60 bits per heavy atom. The van der Waals surface area contributed by atoms with Crippen LogP contribution >= 0.6 is 15.9 Å². The van der Waals surface area contributed by atoms with E-state index in [1.54, 1.807) is 10.9 Å². The number of benzene rings is 1. The van der Waals surface area contributed by atoms with Crippen LogP contribution in [0, 0.1) is 0 Å². The van der Waals surface area contributed by atoms with E-state index in [-0.39, 0.29) is 16.6 Å². The minimum atomic E-state index is -4.41. The summed E-state index contributed by atoms with van der Waals surface area (Å²) < 4.78 is 45.8. The minimum absolute atomic E-state index is 0.135. The maximum Gasteiger partial charge on any atom is 0.416 e. The first kappa shape index (κ1) is 14.9. The molecule has 3 nitrogen and oxygen atoms in total. The zero-order valence-corrected chi connectivity index (χ0v) is 12.2. The Balaban J connectivity index is 2.29. The average Bonchev–Trinajstić information content (AvgIpc) is 2.85. The first-order valence-corrected chi connectivity index (χ1v) is 7.02. The van der Waals surface area contributed by atoms with E-state index in [0.717, 1.165) is 6.07 Å². The monoisotopic (exact) mass is 348 g/mol. The molecule has 0 fully saturated rings. The maximum absolute atomic E-state index is 12.9. The fraction of sp³-hybridized carbons (Fsp3) is 0.308. The van der Waals surface area contributed by atoms with Crippen LogP contribution < -0.4 is 4.74 Å². The van der Waals surface area contributed by atoms with E-state index in [9.17, 15) is 13.2 Å². The number of aromatic nitrogens is 2. The molecule has 20 heavy (non-hydrogen) atoms. The lowest BCUT2D eigenvalue weighted by atomic mass is 10.1. The second-order valence-electron chi connectivity index (χ2n) is 4.08. The second-order valence-corrected chi connectivity index (χ2v) is 4.64. The molecule has 1 aromatic carbocycles. The number of ether oxygens (including phenoxy) is 1. The van der Waals surface area contributed by atoms with Crippen molar-refractivity contribution in [1.82, 2.24) is 9.78 Å². The lowest BCUT2D eigenvalue weighted by molar-refractivity contribution is -0.138. The molecular weight excluding hydrogens is 337 g/mol. The van der Waals surface area contributed by atoms with Gasteiger partial charge in [-0.05, 0) is 24.6 Å². The SMILES string of the molecule is CCn1cc(Oc2ccc(CBr)c(C(F)(F)F)c2)cn1. The predicted octanol–water partition coefficient (Wildman–Crippen LogP) is 4.61. The molecule has 7 heteroatoms. The molecule has 0 saturated carbocycles. The van der Waals surface area contributed by atoms with Gasteiger partial charge in [0, 0.05) is 11.9 Å². The third-order valence-electron chi connectivity index (χ3n) is 2.70. The Labute approximate surface area is 122 Å². The Bertz CT molecular complexity index is 596. The number of hydrogen-bond acceptors (Lipinski definition) is 2. The lowest BCUT2D eigenvalue weighted by Crippen LogP contribution is -2.08. The molecule has 108 valence electrons. The third kappa shape index (κ3) is 3.33. The smallest absolute Gasteiger partial charge is 0.416 e. The van der Waals surface area contributed by atoms with E-state index in [1.165, 1.54) is 18.3 Å². The van der Waals surface area contributed by atoms with Crippen LogP contribution in [0.4, 0.5) is 13.2 Å². The van der Waals surface area contributed by atoms with Crippen molar-refractivity contribution in [2.75, 3.05) is 0 Å². The van der Waals surface area contributed by atoms with Crippen molar-refractivity contribution >= 4 is 15.9 Å². The number of aryl methyl sites for hydroxylation is 1. The molecule has 0 radical (unpaired) electrons. The Kier molecular flexibility index (Phi) is 4.37. The van der Waals surface area contributed by atoms with Gasteiger partial charge >= 0.3 is 6.18 Å². The lowest BCUT2D eigenvalue weighted by Gasteiger charge is -2.13. The van der Waals surface area contributed by atoms with E-state index in [1.807, 2.05) is 6.92 Å². The summed E-state index contributed by atoms with van der Waals surface area (Å²) >= 11 is 3.05. The highest BCUT2D eigenvalue weighted by molar-refractivity contribution is 9.08. The van der Waals surface area contributed by atoms with Crippen molar-refractivity contribution in [3.63, 3.8) is 0 Å². The van der Waals surface area contributed by atoms with Crippen molar-refractivity contribution in [3.05, 3.63) is 41.7 Å². The third-order valence-corrected chi connectivity index (χ3v) is 3.30. The minimum Gasteiger partial charge on any atom is -0.454 e. The van der Waals surface area contributed by atoms with Crippen LogP contribution in [0.2, 0.25) is 0 Å². The molecule has 0 unspecified atom stereocenters. The van der Waals surface area contributed by atoms with Crippen LogP contribution in [0.3, 0.4) is 0 Å². The van der Waals surface area contributed by atoms with Gasteiger partial charge in [0.1, 0.15) is 5.75 Å². The highest BCUT2D eigenvalue weighted by Crippen LogP contribution is 2.36. The first-order valence-electron chi connectivity index (χ1n) is 5.90. The van der Waals surface area contributed by atoms with Crippen molar-refractivity contribution in [2.45, 2.75) is 25.0 Å². The van der Waals surface area contributed by atoms with Gasteiger partial charge in [-0.1, -0.05) is 22.0 Å². The fourth-order valence-corrected chi connectivity index (χ4v) is 2.19. The number of halogens is 4. The quantitative estimate of drug-likeness (QED) is 0.754. The van der Waals surface area contributed by atoms with Crippen LogP contribution in [0.5, 0.6) is 11.5 Å². The van der Waals surface area contributed by atoms with E-state index in [2.05, 4.69) is 21.0 Å². The molecule has 0 amide bonds. The van der Waals surface area contributed by atoms with Crippen LogP contribution in [0.15, 0.2) is 30.6 Å². The van der Waals surface area contributed by atoms with Gasteiger partial charge in [-0.3, -0.25) is 4.68 Å². The molecule has 1 heterocycles. The Morgan fingerprint density at radius 2 is 2.05 bits per heavy atom. The van der Waals surface area contributed by atoms with Crippen LogP contribution in [-0.4, -0.2) is 9.78 Å². The molecule has 0 aliphatic heterocycles. The first-order chi connectivity index (χ1) is 9.44. The molecule has 2 rings (SSSR count). The van der Waals surface area contributed by atoms with Gasteiger partial charge in [-0.2, -0.15) is 18.3 Å². The van der Waals surface area contributed by atoms with Gasteiger partial charge in [-0.15, -0.1) is 0 Å². The molecule has 0 bridgehead atoms. The van der Waals surface area contributed by atoms with Crippen LogP contribution in [-0.2, 0) is 18.1 Å². The topological polar surface area (TPSA) is 27.1 Å². The number of rotatable bonds is 4. The highest BCUT2D eigenvalue weighted by atomic mass is 79.9. The zero-order valence-electron chi connectivity index (χ0n) is 10.6. The summed E-state index contributed by atoms with van der Waals surface area (Å²) in [6.07, 6.45) is -1.31. The van der Waals surface area contributed by atoms with Gasteiger partial charge < -0.3 is 4.74 Å². The molecule has 2 aromatic rings. The van der Waals surface area contributed by atoms with Gasteiger partial charge in [0.25, 0.3) is 0 Å². The summed E-state index contributed by atoms with van der Waals surface area (Å²) in [5.74, 6) is 0.546. The highest BCUT2D eigenvalue weighted by Gasteiger charge is 2.33. The Morgan fingerprint density at radius 1 is 1.30 bits per heavy atom. The standard InChI is InChI=1S/C13H12BrF3N2O/c1-2-19-8-11(7-18-19)20-10-4-3-9(6-14)12(5-10)13(15,16)17/h3-5,7-8H,2,6H2,1H3. The van der Waals surface area contributed by atoms with E-state index in [0.29, 0.717) is 12.3 Å². The number of hydrogen-bond donors (Lipinski definition) is 0. The van der Waals surface area contributed by atoms with Crippen LogP contribution in [0.25, 0.3) is 0 Å². The van der Waals surface area contributed by atoms with Crippen molar-refractivity contribution < 1.29 is 17.9 Å². The molecular formula is C13H12BrF3N2O. The number of alkyl halides is 4. The average molecular weight is 349 g/mol. The summed E-state index contributed by atoms with van der Waals surface area (Å²) in [5, 5.41) is 4.13. The van der Waals surface area contributed by atoms with Crippen molar-refractivity contribution in [3.8, 4) is 11.5 Å². The van der Waals surface area contributed by atoms with E-state index >= 15 is 0 Å². The number of nitrogens with zero attached hydrogens (tertiary/aromatic N) is 2. The molecule has 0 spiro atoms. The van der Waals surface area contributed by atoms with E-state index in [4.69, 9.17) is 4.74 Å². The maximum atomic E-state index is 12.9. The molecule has 0 N–H and O–H groups in total. The Hall–Kier alpha value is -1.50. The predicted molar refractivity (Wildman–Crippen MR) is 72.1 cm³/mol. The summed E-state index contributed by atoms with van der Waals surface area (Å²) in [6, 6.07) is 3.91. The largest absolute Gasteiger partial charge is 0.454 e. The molecule has 0 aliphatic rings. The summed E-state index contributed by atoms with van der Waals surface area (Å²) in [6.45, 7) is 2.57. The molecule has 0 saturated heterocycles. The van der Waals surface area contributed by atoms with Gasteiger partial charge in [0.05, 0.1) is 18.0 Å². The summed E-state index contributed by atoms with van der Waals surface area (Å²) in [4.78, 5) is 0. The molecule has 1 aromatic heterocycles. The van der Waals surface area contributed by atoms with Gasteiger partial charge in [0.2, 0.25) is 0 Å². The summed E-state index contributed by atoms with van der Waals surface area (Å²) in [7, 11) is 0. The van der Waals surface area contributed by atoms with E-state index < -0.39 is 11.7 Å². The van der Waals surface area contributed by atoms with Gasteiger partial charge in [-0.25, -0.2) is 0 Å². The zero-order chi connectivity index (χ0) is 14.8. The summed E-state index contributed by atoms with van der Waals surface area (Å²) in [5.41, 5.74) is -0.524. The van der Waals surface area contributed by atoms with Crippen LogP contribution in [0.1, 0.15) is 18.1 Å².